The molecular formula is C71H45NO2. The van der Waals surface area contributed by atoms with Gasteiger partial charge in [0.25, 0.3) is 0 Å². The fourth-order valence-electron chi connectivity index (χ4n) is 13.2. The first-order valence-electron chi connectivity index (χ1n) is 25.8. The van der Waals surface area contributed by atoms with E-state index in [1.807, 2.05) is 0 Å². The molecule has 1 heterocycles. The summed E-state index contributed by atoms with van der Waals surface area (Å²) in [6.45, 7) is 0. The summed E-state index contributed by atoms with van der Waals surface area (Å²) in [4.78, 5) is 2.34. The summed E-state index contributed by atoms with van der Waals surface area (Å²) in [5.41, 5.74) is 25.2. The molecule has 11 aromatic rings. The van der Waals surface area contributed by atoms with Crippen molar-refractivity contribution < 1.29 is 9.47 Å². The average molecular weight is 944 g/mol. The summed E-state index contributed by atoms with van der Waals surface area (Å²) in [6, 6.07) is 86.6. The first kappa shape index (κ1) is 41.2. The molecule has 3 nitrogen and oxygen atoms in total. The van der Waals surface area contributed by atoms with E-state index in [4.69, 9.17) is 9.47 Å². The lowest BCUT2D eigenvalue weighted by atomic mass is 9.69. The molecule has 11 aromatic carbocycles. The molecule has 16 rings (SSSR count). The second kappa shape index (κ2) is 15.8. The number of fused-ring (bicyclic) bond motifs is 21. The van der Waals surface area contributed by atoms with Crippen LogP contribution in [0.5, 0.6) is 23.0 Å². The van der Waals surface area contributed by atoms with Gasteiger partial charge in [0.2, 0.25) is 0 Å². The normalized spacial score (nSPS) is 14.3. The predicted molar refractivity (Wildman–Crippen MR) is 303 cm³/mol. The third-order valence-electron chi connectivity index (χ3n) is 16.4. The second-order valence-corrected chi connectivity index (χ2v) is 20.1. The standard InChI is InChI=1S/C71H45NO2/c1-2-16-46-41-49(35-31-44(46)15-1)72(48-33-29-45(30-34-48)47-32-37-57-55-21-6-5-19-53(55)51-17-3-4-18-52(51)54-20-7-8-22-56(54)61(57)42-47)50-36-39-66-68(43-50)74-70-67(73-66)40-38-65-69(70)60-25-11-14-28-64(60)71(65)62-26-12-9-23-58(62)59-24-10-13-27-63(59)71/h1-10,12-24,26-43H,11,25H2. The third kappa shape index (κ3) is 5.84. The van der Waals surface area contributed by atoms with Gasteiger partial charge >= 0.3 is 0 Å². The summed E-state index contributed by atoms with van der Waals surface area (Å²) in [6.07, 6.45) is 6.65. The smallest absolute Gasteiger partial charge is 0.177 e. The van der Waals surface area contributed by atoms with Crippen molar-refractivity contribution in [1.29, 1.82) is 0 Å². The van der Waals surface area contributed by atoms with E-state index in [9.17, 15) is 0 Å². The van der Waals surface area contributed by atoms with Crippen LogP contribution >= 0.6 is 0 Å². The Bertz CT molecular complexity index is 4220. The van der Waals surface area contributed by atoms with Gasteiger partial charge in [0, 0.05) is 23.0 Å². The number of nitrogens with zero attached hydrogens (tertiary/aromatic N) is 1. The van der Waals surface area contributed by atoms with Gasteiger partial charge in [-0.25, -0.2) is 0 Å². The Morgan fingerprint density at radius 2 is 0.878 bits per heavy atom. The van der Waals surface area contributed by atoms with E-state index in [0.29, 0.717) is 11.5 Å². The molecule has 0 bridgehead atoms. The van der Waals surface area contributed by atoms with E-state index < -0.39 is 5.41 Å². The van der Waals surface area contributed by atoms with Crippen LogP contribution in [0.25, 0.3) is 83.1 Å². The van der Waals surface area contributed by atoms with E-state index in [1.165, 1.54) is 94.2 Å². The fraction of sp³-hybridized carbons (Fsp3) is 0.0423. The molecule has 0 amide bonds. The number of hydrogen-bond donors (Lipinski definition) is 0. The minimum absolute atomic E-state index is 0.436. The van der Waals surface area contributed by atoms with Crippen LogP contribution in [0.3, 0.4) is 0 Å². The van der Waals surface area contributed by atoms with E-state index in [-0.39, 0.29) is 0 Å². The minimum atomic E-state index is -0.436. The second-order valence-electron chi connectivity index (χ2n) is 20.1. The van der Waals surface area contributed by atoms with Gasteiger partial charge in [-0.05, 0) is 167 Å². The molecule has 1 spiro atoms. The van der Waals surface area contributed by atoms with Gasteiger partial charge in [-0.1, -0.05) is 194 Å². The van der Waals surface area contributed by atoms with Crippen molar-refractivity contribution in [2.24, 2.45) is 0 Å². The van der Waals surface area contributed by atoms with Gasteiger partial charge in [-0.3, -0.25) is 0 Å². The van der Waals surface area contributed by atoms with Crippen molar-refractivity contribution in [1.82, 2.24) is 0 Å². The molecule has 0 N–H and O–H groups in total. The zero-order chi connectivity index (χ0) is 48.5. The molecule has 0 fully saturated rings. The maximum atomic E-state index is 7.28. The zero-order valence-electron chi connectivity index (χ0n) is 40.3. The van der Waals surface area contributed by atoms with Crippen molar-refractivity contribution in [2.75, 3.05) is 4.90 Å². The highest BCUT2D eigenvalue weighted by Crippen LogP contribution is 2.66. The highest BCUT2D eigenvalue weighted by atomic mass is 16.6. The topological polar surface area (TPSA) is 21.7 Å². The highest BCUT2D eigenvalue weighted by molar-refractivity contribution is 6.04. The fourth-order valence-corrected chi connectivity index (χ4v) is 13.2. The quantitative estimate of drug-likeness (QED) is 0.175. The summed E-state index contributed by atoms with van der Waals surface area (Å²) in [5.74, 6) is 2.93. The first-order chi connectivity index (χ1) is 36.7. The summed E-state index contributed by atoms with van der Waals surface area (Å²) in [7, 11) is 0. The van der Waals surface area contributed by atoms with Gasteiger partial charge in [0.1, 0.15) is 0 Å². The number of hydrogen-bond acceptors (Lipinski definition) is 3. The third-order valence-corrected chi connectivity index (χ3v) is 16.4. The van der Waals surface area contributed by atoms with Crippen LogP contribution in [0.2, 0.25) is 0 Å². The molecule has 0 saturated heterocycles. The van der Waals surface area contributed by atoms with Crippen LogP contribution in [0.15, 0.2) is 254 Å². The molecule has 0 atom stereocenters. The highest BCUT2D eigenvalue weighted by Gasteiger charge is 2.54. The van der Waals surface area contributed by atoms with Gasteiger partial charge in [-0.2, -0.15) is 0 Å². The Labute approximate surface area is 430 Å². The number of allylic oxidation sites excluding steroid dienone is 4. The van der Waals surface area contributed by atoms with E-state index in [0.717, 1.165) is 58.1 Å². The van der Waals surface area contributed by atoms with Gasteiger partial charge in [0.15, 0.2) is 23.0 Å². The van der Waals surface area contributed by atoms with E-state index in [1.54, 1.807) is 0 Å². The molecule has 74 heavy (non-hydrogen) atoms. The number of benzene rings is 11. The van der Waals surface area contributed by atoms with Crippen LogP contribution in [0.4, 0.5) is 17.1 Å². The predicted octanol–water partition coefficient (Wildman–Crippen LogP) is 19.3. The first-order valence-corrected chi connectivity index (χ1v) is 25.8. The molecule has 4 aliphatic carbocycles. The lowest BCUT2D eigenvalue weighted by Gasteiger charge is -2.32. The van der Waals surface area contributed by atoms with Crippen molar-refractivity contribution in [3.05, 3.63) is 277 Å². The molecule has 5 aliphatic rings. The molecule has 0 unspecified atom stereocenters. The van der Waals surface area contributed by atoms with Crippen molar-refractivity contribution in [2.45, 2.75) is 18.3 Å². The summed E-state index contributed by atoms with van der Waals surface area (Å²) >= 11 is 0. The minimum Gasteiger partial charge on any atom is -0.449 e. The van der Waals surface area contributed by atoms with E-state index >= 15 is 0 Å². The molecule has 346 valence electrons. The van der Waals surface area contributed by atoms with Crippen LogP contribution in [-0.2, 0) is 5.41 Å². The zero-order valence-corrected chi connectivity index (χ0v) is 40.3. The summed E-state index contributed by atoms with van der Waals surface area (Å²) in [5, 5.41) is 2.37. The Balaban J connectivity index is 0.810. The van der Waals surface area contributed by atoms with Crippen LogP contribution in [0, 0.1) is 0 Å². The number of ether oxygens (including phenoxy) is 2. The van der Waals surface area contributed by atoms with Crippen molar-refractivity contribution >= 4 is 33.4 Å². The Hall–Kier alpha value is -9.44. The van der Waals surface area contributed by atoms with Crippen molar-refractivity contribution in [3.8, 4) is 89.8 Å². The molecule has 0 saturated carbocycles. The number of rotatable bonds is 4. The van der Waals surface area contributed by atoms with Gasteiger partial charge in [-0.15, -0.1) is 0 Å². The van der Waals surface area contributed by atoms with Crippen LogP contribution < -0.4 is 14.4 Å². The molecule has 3 heteroatoms. The average Bonchev–Trinajstić information content (AvgIpc) is 3.94. The Kier molecular flexibility index (Phi) is 8.79. The lowest BCUT2D eigenvalue weighted by Crippen LogP contribution is -2.27. The molecule has 1 aliphatic heterocycles. The lowest BCUT2D eigenvalue weighted by molar-refractivity contribution is 0.358. The molecule has 0 radical (unpaired) electrons. The summed E-state index contributed by atoms with van der Waals surface area (Å²) < 4.78 is 14.1. The SMILES string of the molecule is C1=CC2=C(CC1)c1c(ccc3c1Oc1cc(N(c4ccc(-c5ccc6c(c5)-c5ccccc5-c5ccccc5-c5ccccc5-6)cc4)c4ccc5ccccc5c4)ccc1O3)C21c2ccccc2-c2ccccc21. The molecule has 0 aromatic heterocycles. The number of anilines is 3. The largest absolute Gasteiger partial charge is 0.449 e. The van der Waals surface area contributed by atoms with E-state index in [2.05, 4.69) is 254 Å². The van der Waals surface area contributed by atoms with Gasteiger partial charge in [0.05, 0.1) is 11.1 Å². The Morgan fingerprint density at radius 1 is 0.351 bits per heavy atom. The molecular weight excluding hydrogens is 899 g/mol. The Morgan fingerprint density at radius 3 is 1.55 bits per heavy atom. The van der Waals surface area contributed by atoms with Crippen LogP contribution in [0.1, 0.15) is 35.1 Å². The maximum absolute atomic E-state index is 7.28. The van der Waals surface area contributed by atoms with Crippen molar-refractivity contribution in [3.63, 3.8) is 0 Å². The van der Waals surface area contributed by atoms with Crippen LogP contribution in [-0.4, -0.2) is 0 Å². The monoisotopic (exact) mass is 943 g/mol. The van der Waals surface area contributed by atoms with Gasteiger partial charge < -0.3 is 14.4 Å². The maximum Gasteiger partial charge on any atom is 0.177 e.